The van der Waals surface area contributed by atoms with Gasteiger partial charge >= 0.3 is 0 Å². The number of carbonyl (C=O) groups is 1. The monoisotopic (exact) mass is 277 g/mol. The number of aromatic nitrogens is 4. The van der Waals surface area contributed by atoms with Gasteiger partial charge in [0.25, 0.3) is 5.91 Å². The first-order valence-electron chi connectivity index (χ1n) is 5.37. The van der Waals surface area contributed by atoms with E-state index in [0.29, 0.717) is 11.2 Å². The summed E-state index contributed by atoms with van der Waals surface area (Å²) >= 11 is 5.95. The Morgan fingerprint density at radius 1 is 1.47 bits per heavy atom. The molecule has 8 heteroatoms. The Labute approximate surface area is 112 Å². The molecule has 0 bridgehead atoms. The number of carbonyl (C=O) groups excluding carboxylic acids is 1. The minimum atomic E-state index is -0.437. The maximum absolute atomic E-state index is 11.9. The zero-order valence-electron chi connectivity index (χ0n) is 9.77. The first-order valence-corrected chi connectivity index (χ1v) is 5.75. The first-order chi connectivity index (χ1) is 9.15. The van der Waals surface area contributed by atoms with E-state index in [1.165, 1.54) is 12.6 Å². The zero-order chi connectivity index (χ0) is 13.4. The second-order valence-electron chi connectivity index (χ2n) is 3.83. The molecule has 0 atom stereocenters. The summed E-state index contributed by atoms with van der Waals surface area (Å²) in [4.78, 5) is 26.7. The average Bonchev–Trinajstić information content (AvgIpc) is 2.97. The maximum Gasteiger partial charge on any atom is 0.293 e. The standard InChI is InChI=1S/C11H8ClN5O2/c1-5-2-3-19-7(5)10(18)17-11-15-8(12)6-9(16-11)14-4-13-6/h2-4H,1H3,(H2,13,14,15,16,17,18). The molecule has 1 amide bonds. The molecule has 0 spiro atoms. The number of rotatable bonds is 2. The van der Waals surface area contributed by atoms with Crippen LogP contribution in [-0.4, -0.2) is 25.8 Å². The molecule has 0 unspecified atom stereocenters. The van der Waals surface area contributed by atoms with E-state index in [1.807, 2.05) is 0 Å². The molecule has 96 valence electrons. The van der Waals surface area contributed by atoms with Crippen molar-refractivity contribution >= 4 is 34.6 Å². The number of halogens is 1. The molecule has 2 N–H and O–H groups in total. The number of anilines is 1. The number of nitrogens with zero attached hydrogens (tertiary/aromatic N) is 3. The third-order valence-electron chi connectivity index (χ3n) is 2.54. The highest BCUT2D eigenvalue weighted by Crippen LogP contribution is 2.19. The van der Waals surface area contributed by atoms with Gasteiger partial charge in [0.1, 0.15) is 5.52 Å². The molecule has 3 rings (SSSR count). The van der Waals surface area contributed by atoms with Crippen molar-refractivity contribution in [2.75, 3.05) is 5.32 Å². The third kappa shape index (κ3) is 2.04. The quantitative estimate of drug-likeness (QED) is 0.700. The highest BCUT2D eigenvalue weighted by Gasteiger charge is 2.15. The predicted molar refractivity (Wildman–Crippen MR) is 68.1 cm³/mol. The van der Waals surface area contributed by atoms with Gasteiger partial charge in [0.15, 0.2) is 16.6 Å². The maximum atomic E-state index is 11.9. The number of amides is 1. The second-order valence-corrected chi connectivity index (χ2v) is 4.18. The van der Waals surface area contributed by atoms with Crippen LogP contribution in [0, 0.1) is 6.92 Å². The number of fused-ring (bicyclic) bond motifs is 1. The van der Waals surface area contributed by atoms with Gasteiger partial charge in [0.05, 0.1) is 12.6 Å². The summed E-state index contributed by atoms with van der Waals surface area (Å²) < 4.78 is 5.08. The fraction of sp³-hybridized carbons (Fsp3) is 0.0909. The number of hydrogen-bond acceptors (Lipinski definition) is 5. The van der Waals surface area contributed by atoms with Gasteiger partial charge in [-0.05, 0) is 13.0 Å². The normalized spacial score (nSPS) is 10.8. The fourth-order valence-corrected chi connectivity index (χ4v) is 1.84. The molecule has 3 aromatic rings. The van der Waals surface area contributed by atoms with Gasteiger partial charge in [-0.1, -0.05) is 11.6 Å². The van der Waals surface area contributed by atoms with Crippen LogP contribution in [0.3, 0.4) is 0 Å². The van der Waals surface area contributed by atoms with Crippen molar-refractivity contribution < 1.29 is 9.21 Å². The van der Waals surface area contributed by atoms with Crippen molar-refractivity contribution in [3.8, 4) is 0 Å². The number of hydrogen-bond donors (Lipinski definition) is 2. The Morgan fingerprint density at radius 2 is 2.32 bits per heavy atom. The summed E-state index contributed by atoms with van der Waals surface area (Å²) in [5, 5.41) is 2.70. The van der Waals surface area contributed by atoms with E-state index >= 15 is 0 Å². The molecule has 7 nitrogen and oxygen atoms in total. The van der Waals surface area contributed by atoms with E-state index in [1.54, 1.807) is 13.0 Å². The van der Waals surface area contributed by atoms with E-state index in [4.69, 9.17) is 16.0 Å². The van der Waals surface area contributed by atoms with Crippen LogP contribution in [0.25, 0.3) is 11.2 Å². The van der Waals surface area contributed by atoms with E-state index < -0.39 is 5.91 Å². The first kappa shape index (κ1) is 11.7. The van der Waals surface area contributed by atoms with Crippen molar-refractivity contribution in [3.05, 3.63) is 35.1 Å². The largest absolute Gasteiger partial charge is 0.459 e. The van der Waals surface area contributed by atoms with Gasteiger partial charge in [0, 0.05) is 5.56 Å². The van der Waals surface area contributed by atoms with E-state index in [0.717, 1.165) is 5.56 Å². The Balaban J connectivity index is 1.93. The lowest BCUT2D eigenvalue weighted by molar-refractivity contribution is 0.0995. The summed E-state index contributed by atoms with van der Waals surface area (Å²) in [5.74, 6) is -0.152. The molecular formula is C11H8ClN5O2. The molecule has 0 aromatic carbocycles. The molecule has 0 aliphatic heterocycles. The van der Waals surface area contributed by atoms with Gasteiger partial charge in [-0.15, -0.1) is 0 Å². The molecular weight excluding hydrogens is 270 g/mol. The van der Waals surface area contributed by atoms with Crippen LogP contribution in [0.2, 0.25) is 5.15 Å². The number of nitrogens with one attached hydrogen (secondary N) is 2. The lowest BCUT2D eigenvalue weighted by Crippen LogP contribution is -2.14. The lowest BCUT2D eigenvalue weighted by Gasteiger charge is -2.02. The summed E-state index contributed by atoms with van der Waals surface area (Å²) in [7, 11) is 0. The number of H-pyrrole nitrogens is 1. The molecule has 0 saturated carbocycles. The van der Waals surface area contributed by atoms with Crippen molar-refractivity contribution in [1.82, 2.24) is 19.9 Å². The Morgan fingerprint density at radius 3 is 3.05 bits per heavy atom. The SMILES string of the molecule is Cc1ccoc1C(=O)Nc1nc(Cl)c2[nH]cnc2n1. The summed E-state index contributed by atoms with van der Waals surface area (Å²) in [5.41, 5.74) is 1.63. The smallest absolute Gasteiger partial charge is 0.293 e. The van der Waals surface area contributed by atoms with Crippen LogP contribution in [0.15, 0.2) is 23.1 Å². The van der Waals surface area contributed by atoms with Gasteiger partial charge < -0.3 is 9.40 Å². The second kappa shape index (κ2) is 4.36. The summed E-state index contributed by atoms with van der Waals surface area (Å²) in [6.45, 7) is 1.77. The molecule has 3 heterocycles. The van der Waals surface area contributed by atoms with Crippen LogP contribution in [0.1, 0.15) is 16.1 Å². The van der Waals surface area contributed by atoms with Crippen LogP contribution in [0.4, 0.5) is 5.95 Å². The van der Waals surface area contributed by atoms with Crippen molar-refractivity contribution in [2.45, 2.75) is 6.92 Å². The topological polar surface area (TPSA) is 96.7 Å². The average molecular weight is 278 g/mol. The molecule has 0 radical (unpaired) electrons. The van der Waals surface area contributed by atoms with Gasteiger partial charge in [-0.2, -0.15) is 9.97 Å². The molecule has 19 heavy (non-hydrogen) atoms. The van der Waals surface area contributed by atoms with Gasteiger partial charge in [-0.3, -0.25) is 10.1 Å². The minimum absolute atomic E-state index is 0.0744. The highest BCUT2D eigenvalue weighted by atomic mass is 35.5. The zero-order valence-corrected chi connectivity index (χ0v) is 10.5. The number of aryl methyl sites for hydroxylation is 1. The number of furan rings is 1. The summed E-state index contributed by atoms with van der Waals surface area (Å²) in [6, 6.07) is 1.69. The number of aromatic amines is 1. The van der Waals surface area contributed by atoms with Crippen LogP contribution < -0.4 is 5.32 Å². The van der Waals surface area contributed by atoms with Crippen molar-refractivity contribution in [2.24, 2.45) is 0 Å². The Kier molecular flexibility index (Phi) is 2.68. The minimum Gasteiger partial charge on any atom is -0.459 e. The predicted octanol–water partition coefficient (Wildman–Crippen LogP) is 2.16. The lowest BCUT2D eigenvalue weighted by atomic mass is 10.3. The van der Waals surface area contributed by atoms with E-state index in [2.05, 4.69) is 25.3 Å². The van der Waals surface area contributed by atoms with Gasteiger partial charge in [-0.25, -0.2) is 4.98 Å². The van der Waals surface area contributed by atoms with Gasteiger partial charge in [0.2, 0.25) is 5.95 Å². The molecule has 0 saturated heterocycles. The highest BCUT2D eigenvalue weighted by molar-refractivity contribution is 6.33. The summed E-state index contributed by atoms with van der Waals surface area (Å²) in [6.07, 6.45) is 2.89. The van der Waals surface area contributed by atoms with E-state index in [-0.39, 0.29) is 16.9 Å². The Bertz CT molecular complexity index is 763. The molecule has 0 aliphatic carbocycles. The van der Waals surface area contributed by atoms with E-state index in [9.17, 15) is 4.79 Å². The molecule has 3 aromatic heterocycles. The molecule has 0 aliphatic rings. The molecule has 0 fully saturated rings. The van der Waals surface area contributed by atoms with Crippen molar-refractivity contribution in [3.63, 3.8) is 0 Å². The van der Waals surface area contributed by atoms with Crippen molar-refractivity contribution in [1.29, 1.82) is 0 Å². The Hall–Kier alpha value is -2.41. The number of imidazole rings is 1. The van der Waals surface area contributed by atoms with Crippen LogP contribution in [-0.2, 0) is 0 Å². The van der Waals surface area contributed by atoms with Crippen LogP contribution in [0.5, 0.6) is 0 Å². The third-order valence-corrected chi connectivity index (χ3v) is 2.81. The van der Waals surface area contributed by atoms with Crippen LogP contribution >= 0.6 is 11.6 Å². The fourth-order valence-electron chi connectivity index (χ4n) is 1.62.